The van der Waals surface area contributed by atoms with Crippen molar-refractivity contribution in [2.45, 2.75) is 24.7 Å². The van der Waals surface area contributed by atoms with E-state index in [4.69, 9.17) is 4.74 Å². The summed E-state index contributed by atoms with van der Waals surface area (Å²) in [6.07, 6.45) is 1.39. The molecule has 2 aromatic carbocycles. The quantitative estimate of drug-likeness (QED) is 0.763. The first-order valence-electron chi connectivity index (χ1n) is 7.34. The van der Waals surface area contributed by atoms with E-state index in [9.17, 15) is 13.5 Å². The summed E-state index contributed by atoms with van der Waals surface area (Å²) in [6, 6.07) is 12.0. The van der Waals surface area contributed by atoms with Crippen LogP contribution in [0, 0.1) is 6.92 Å². The fourth-order valence-electron chi connectivity index (χ4n) is 2.23. The number of aromatic hydroxyl groups is 1. The summed E-state index contributed by atoms with van der Waals surface area (Å²) in [6.45, 7) is 2.17. The van der Waals surface area contributed by atoms with E-state index in [-0.39, 0.29) is 10.6 Å². The number of phenols is 1. The van der Waals surface area contributed by atoms with Crippen LogP contribution in [0.1, 0.15) is 17.5 Å². The Labute approximate surface area is 137 Å². The summed E-state index contributed by atoms with van der Waals surface area (Å²) in [7, 11) is -2.15. The highest BCUT2D eigenvalue weighted by Gasteiger charge is 2.18. The van der Waals surface area contributed by atoms with Crippen LogP contribution >= 0.6 is 0 Å². The van der Waals surface area contributed by atoms with Crippen LogP contribution < -0.4 is 9.46 Å². The summed E-state index contributed by atoms with van der Waals surface area (Å²) in [5.74, 6) is 0.558. The molecule has 23 heavy (non-hydrogen) atoms. The van der Waals surface area contributed by atoms with Gasteiger partial charge in [0.1, 0.15) is 16.4 Å². The Morgan fingerprint density at radius 1 is 1.13 bits per heavy atom. The van der Waals surface area contributed by atoms with Crippen molar-refractivity contribution in [3.05, 3.63) is 53.6 Å². The van der Waals surface area contributed by atoms with Crippen LogP contribution in [0.4, 0.5) is 0 Å². The number of phenolic OH excluding ortho intramolecular Hbond substituents is 1. The lowest BCUT2D eigenvalue weighted by atomic mass is 10.1. The molecule has 0 spiro atoms. The summed E-state index contributed by atoms with van der Waals surface area (Å²) in [5.41, 5.74) is 1.91. The highest BCUT2D eigenvalue weighted by Crippen LogP contribution is 2.24. The Balaban J connectivity index is 1.96. The third kappa shape index (κ3) is 4.71. The molecule has 2 N–H and O–H groups in total. The van der Waals surface area contributed by atoms with Gasteiger partial charge in [0.25, 0.3) is 0 Å². The molecule has 0 radical (unpaired) electrons. The summed E-state index contributed by atoms with van der Waals surface area (Å²) >= 11 is 0. The number of methoxy groups -OCH3 is 1. The highest BCUT2D eigenvalue weighted by molar-refractivity contribution is 7.89. The smallest absolute Gasteiger partial charge is 0.244 e. The maximum Gasteiger partial charge on any atom is 0.244 e. The zero-order valence-corrected chi connectivity index (χ0v) is 14.1. The molecule has 6 heteroatoms. The van der Waals surface area contributed by atoms with Gasteiger partial charge in [-0.25, -0.2) is 13.1 Å². The number of benzene rings is 2. The van der Waals surface area contributed by atoms with Gasteiger partial charge in [-0.2, -0.15) is 0 Å². The van der Waals surface area contributed by atoms with E-state index in [1.165, 1.54) is 7.11 Å². The number of aryl methyl sites for hydroxylation is 2. The Kier molecular flexibility index (Phi) is 5.63. The molecule has 5 nitrogen and oxygen atoms in total. The van der Waals surface area contributed by atoms with E-state index < -0.39 is 10.0 Å². The molecule has 0 aliphatic heterocycles. The minimum absolute atomic E-state index is 0.157. The van der Waals surface area contributed by atoms with Gasteiger partial charge >= 0.3 is 0 Å². The lowest BCUT2D eigenvalue weighted by Crippen LogP contribution is -2.25. The number of ether oxygens (including phenoxy) is 1. The SMILES string of the molecule is COc1ccc(C)cc1S(=O)(=O)NCCCc1ccc(O)cc1. The summed E-state index contributed by atoms with van der Waals surface area (Å²) in [5, 5.41) is 9.23. The van der Waals surface area contributed by atoms with Crippen LogP contribution in [-0.2, 0) is 16.4 Å². The van der Waals surface area contributed by atoms with E-state index in [0.29, 0.717) is 18.7 Å². The number of nitrogens with one attached hydrogen (secondary N) is 1. The van der Waals surface area contributed by atoms with E-state index in [0.717, 1.165) is 17.5 Å². The molecule has 2 rings (SSSR count). The fourth-order valence-corrected chi connectivity index (χ4v) is 3.56. The molecule has 0 saturated carbocycles. The average molecular weight is 335 g/mol. The zero-order valence-electron chi connectivity index (χ0n) is 13.2. The molecule has 0 aliphatic carbocycles. The van der Waals surface area contributed by atoms with Crippen molar-refractivity contribution in [1.29, 1.82) is 0 Å². The molecular weight excluding hydrogens is 314 g/mol. The number of hydrogen-bond donors (Lipinski definition) is 2. The maximum absolute atomic E-state index is 12.4. The molecule has 2 aromatic rings. The van der Waals surface area contributed by atoms with Gasteiger partial charge in [-0.15, -0.1) is 0 Å². The lowest BCUT2D eigenvalue weighted by Gasteiger charge is -2.11. The van der Waals surface area contributed by atoms with Crippen molar-refractivity contribution in [2.75, 3.05) is 13.7 Å². The Bertz CT molecular complexity index is 755. The average Bonchev–Trinajstić information content (AvgIpc) is 2.53. The van der Waals surface area contributed by atoms with Crippen LogP contribution in [0.15, 0.2) is 47.4 Å². The minimum Gasteiger partial charge on any atom is -0.508 e. The number of sulfonamides is 1. The van der Waals surface area contributed by atoms with E-state index >= 15 is 0 Å². The molecule has 0 heterocycles. The lowest BCUT2D eigenvalue weighted by molar-refractivity contribution is 0.402. The highest BCUT2D eigenvalue weighted by atomic mass is 32.2. The van der Waals surface area contributed by atoms with Gasteiger partial charge in [0.05, 0.1) is 7.11 Å². The third-order valence-electron chi connectivity index (χ3n) is 3.48. The first-order chi connectivity index (χ1) is 10.9. The molecule has 0 fully saturated rings. The van der Waals surface area contributed by atoms with Crippen molar-refractivity contribution in [2.24, 2.45) is 0 Å². The molecule has 0 saturated heterocycles. The molecule has 124 valence electrons. The van der Waals surface area contributed by atoms with Gasteiger partial charge in [-0.05, 0) is 55.2 Å². The topological polar surface area (TPSA) is 75.6 Å². The third-order valence-corrected chi connectivity index (χ3v) is 4.96. The van der Waals surface area contributed by atoms with Crippen molar-refractivity contribution in [3.8, 4) is 11.5 Å². The second-order valence-corrected chi connectivity index (χ2v) is 7.06. The van der Waals surface area contributed by atoms with Gasteiger partial charge in [0.2, 0.25) is 10.0 Å². The minimum atomic E-state index is -3.60. The van der Waals surface area contributed by atoms with Gasteiger partial charge < -0.3 is 9.84 Å². The van der Waals surface area contributed by atoms with Crippen molar-refractivity contribution in [3.63, 3.8) is 0 Å². The van der Waals surface area contributed by atoms with E-state index in [2.05, 4.69) is 4.72 Å². The second-order valence-electron chi connectivity index (χ2n) is 5.32. The maximum atomic E-state index is 12.4. The number of rotatable bonds is 7. The van der Waals surface area contributed by atoms with Gasteiger partial charge in [0.15, 0.2) is 0 Å². The van der Waals surface area contributed by atoms with E-state index in [1.807, 2.05) is 25.1 Å². The summed E-state index contributed by atoms with van der Waals surface area (Å²) < 4.78 is 32.5. The Morgan fingerprint density at radius 2 is 1.83 bits per heavy atom. The van der Waals surface area contributed by atoms with Crippen molar-refractivity contribution < 1.29 is 18.3 Å². The van der Waals surface area contributed by atoms with Crippen LogP contribution in [0.2, 0.25) is 0 Å². The monoisotopic (exact) mass is 335 g/mol. The molecule has 0 atom stereocenters. The molecule has 0 aliphatic rings. The van der Waals surface area contributed by atoms with Crippen LogP contribution in [-0.4, -0.2) is 27.2 Å². The second kappa shape index (κ2) is 7.48. The predicted molar refractivity (Wildman–Crippen MR) is 89.3 cm³/mol. The fraction of sp³-hybridized carbons (Fsp3) is 0.294. The molecular formula is C17H21NO4S. The van der Waals surface area contributed by atoms with Crippen LogP contribution in [0.25, 0.3) is 0 Å². The van der Waals surface area contributed by atoms with E-state index in [1.54, 1.807) is 24.3 Å². The number of hydrogen-bond acceptors (Lipinski definition) is 4. The summed E-state index contributed by atoms with van der Waals surface area (Å²) in [4.78, 5) is 0.157. The largest absolute Gasteiger partial charge is 0.508 e. The van der Waals surface area contributed by atoms with Crippen molar-refractivity contribution in [1.82, 2.24) is 4.72 Å². The first kappa shape index (κ1) is 17.3. The molecule has 0 amide bonds. The van der Waals surface area contributed by atoms with Crippen LogP contribution in [0.3, 0.4) is 0 Å². The van der Waals surface area contributed by atoms with Crippen LogP contribution in [0.5, 0.6) is 11.5 Å². The standard InChI is InChI=1S/C17H21NO4S/c1-13-5-10-16(22-2)17(12-13)23(20,21)18-11-3-4-14-6-8-15(19)9-7-14/h5-10,12,18-19H,3-4,11H2,1-2H3. The Hall–Kier alpha value is -2.05. The zero-order chi connectivity index (χ0) is 16.9. The normalized spacial score (nSPS) is 11.4. The Morgan fingerprint density at radius 3 is 2.48 bits per heavy atom. The predicted octanol–water partition coefficient (Wildman–Crippen LogP) is 2.62. The van der Waals surface area contributed by atoms with Gasteiger partial charge in [-0.1, -0.05) is 18.2 Å². The first-order valence-corrected chi connectivity index (χ1v) is 8.83. The van der Waals surface area contributed by atoms with Gasteiger partial charge in [0, 0.05) is 6.54 Å². The molecule has 0 unspecified atom stereocenters. The molecule has 0 aromatic heterocycles. The molecule has 0 bridgehead atoms. The van der Waals surface area contributed by atoms with Gasteiger partial charge in [-0.3, -0.25) is 0 Å². The van der Waals surface area contributed by atoms with Crippen molar-refractivity contribution >= 4 is 10.0 Å².